The van der Waals surface area contributed by atoms with Crippen LogP contribution in [-0.4, -0.2) is 56.0 Å². The quantitative estimate of drug-likeness (QED) is 0.526. The van der Waals surface area contributed by atoms with Gasteiger partial charge in [-0.1, -0.05) is 6.07 Å². The molecule has 0 spiro atoms. The predicted molar refractivity (Wildman–Crippen MR) is 71.0 cm³/mol. The van der Waals surface area contributed by atoms with Gasteiger partial charge in [0.05, 0.1) is 31.9 Å². The van der Waals surface area contributed by atoms with Crippen LogP contribution in [-0.2, 0) is 11.2 Å². The van der Waals surface area contributed by atoms with Gasteiger partial charge in [-0.3, -0.25) is 4.79 Å². The number of imidazole rings is 1. The van der Waals surface area contributed by atoms with Gasteiger partial charge in [-0.25, -0.2) is 4.98 Å². The van der Waals surface area contributed by atoms with E-state index in [0.717, 1.165) is 5.65 Å². The Labute approximate surface area is 115 Å². The summed E-state index contributed by atoms with van der Waals surface area (Å²) in [5.41, 5.74) is -0.111. The summed E-state index contributed by atoms with van der Waals surface area (Å²) in [7, 11) is 0. The molecule has 0 unspecified atom stereocenters. The molecule has 0 aliphatic heterocycles. The van der Waals surface area contributed by atoms with Crippen LogP contribution in [0.1, 0.15) is 5.69 Å². The lowest BCUT2D eigenvalue weighted by atomic mass is 10.0. The SMILES string of the molecule is O=C(Cc1cn2ccccc2n1)NC(CO)(CO)CO. The Balaban J connectivity index is 2.07. The number of nitrogens with zero attached hydrogens (tertiary/aromatic N) is 2. The number of aliphatic hydroxyl groups is 3. The van der Waals surface area contributed by atoms with Gasteiger partial charge in [0.15, 0.2) is 0 Å². The van der Waals surface area contributed by atoms with E-state index in [0.29, 0.717) is 5.69 Å². The van der Waals surface area contributed by atoms with Crippen LogP contribution in [0, 0.1) is 0 Å². The molecule has 0 fully saturated rings. The largest absolute Gasteiger partial charge is 0.394 e. The van der Waals surface area contributed by atoms with Crippen molar-refractivity contribution in [2.45, 2.75) is 12.0 Å². The number of amides is 1. The maximum absolute atomic E-state index is 11.9. The van der Waals surface area contributed by atoms with Gasteiger partial charge in [0, 0.05) is 12.4 Å². The van der Waals surface area contributed by atoms with Gasteiger partial charge in [0.1, 0.15) is 11.2 Å². The van der Waals surface area contributed by atoms with Crippen LogP contribution in [0.25, 0.3) is 5.65 Å². The van der Waals surface area contributed by atoms with Crippen LogP contribution in [0.15, 0.2) is 30.6 Å². The Kier molecular flexibility index (Phi) is 4.33. The summed E-state index contributed by atoms with van der Waals surface area (Å²) < 4.78 is 1.79. The Morgan fingerprint density at radius 3 is 2.55 bits per heavy atom. The van der Waals surface area contributed by atoms with Gasteiger partial charge < -0.3 is 25.0 Å². The zero-order valence-corrected chi connectivity index (χ0v) is 10.9. The fourth-order valence-corrected chi connectivity index (χ4v) is 1.85. The lowest BCUT2D eigenvalue weighted by molar-refractivity contribution is -0.124. The van der Waals surface area contributed by atoms with E-state index in [9.17, 15) is 4.79 Å². The average Bonchev–Trinajstić information content (AvgIpc) is 2.87. The third kappa shape index (κ3) is 2.96. The number of aromatic nitrogens is 2. The summed E-state index contributed by atoms with van der Waals surface area (Å²) in [4.78, 5) is 16.2. The molecule has 2 rings (SSSR count). The first-order valence-corrected chi connectivity index (χ1v) is 6.19. The molecule has 0 saturated carbocycles. The maximum Gasteiger partial charge on any atom is 0.226 e. The topological polar surface area (TPSA) is 107 Å². The number of hydrogen-bond acceptors (Lipinski definition) is 5. The van der Waals surface area contributed by atoms with E-state index in [2.05, 4.69) is 10.3 Å². The molecule has 2 aromatic rings. The molecular weight excluding hydrogens is 262 g/mol. The molecule has 2 aromatic heterocycles. The molecule has 0 atom stereocenters. The van der Waals surface area contributed by atoms with E-state index in [1.54, 1.807) is 10.6 Å². The fourth-order valence-electron chi connectivity index (χ4n) is 1.85. The van der Waals surface area contributed by atoms with Crippen LogP contribution in [0.2, 0.25) is 0 Å². The van der Waals surface area contributed by atoms with Crippen molar-refractivity contribution in [3.63, 3.8) is 0 Å². The van der Waals surface area contributed by atoms with Crippen molar-refractivity contribution in [1.29, 1.82) is 0 Å². The number of rotatable bonds is 6. The highest BCUT2D eigenvalue weighted by atomic mass is 16.3. The molecule has 1 amide bonds. The van der Waals surface area contributed by atoms with E-state index in [1.807, 2.05) is 24.4 Å². The van der Waals surface area contributed by atoms with Crippen LogP contribution in [0.3, 0.4) is 0 Å². The van der Waals surface area contributed by atoms with Crippen LogP contribution in [0.5, 0.6) is 0 Å². The Morgan fingerprint density at radius 1 is 1.25 bits per heavy atom. The lowest BCUT2D eigenvalue weighted by Crippen LogP contribution is -2.57. The molecule has 4 N–H and O–H groups in total. The third-order valence-electron chi connectivity index (χ3n) is 3.07. The van der Waals surface area contributed by atoms with Crippen molar-refractivity contribution >= 4 is 11.6 Å². The highest BCUT2D eigenvalue weighted by molar-refractivity contribution is 5.79. The van der Waals surface area contributed by atoms with E-state index < -0.39 is 31.3 Å². The molecule has 20 heavy (non-hydrogen) atoms. The summed E-state index contributed by atoms with van der Waals surface area (Å²) in [6.07, 6.45) is 3.56. The highest BCUT2D eigenvalue weighted by Crippen LogP contribution is 2.07. The molecule has 7 heteroatoms. The zero-order valence-electron chi connectivity index (χ0n) is 10.9. The number of fused-ring (bicyclic) bond motifs is 1. The van der Waals surface area contributed by atoms with E-state index in [1.165, 1.54) is 0 Å². The molecular formula is C13H17N3O4. The van der Waals surface area contributed by atoms with Crippen molar-refractivity contribution < 1.29 is 20.1 Å². The number of pyridine rings is 1. The summed E-state index contributed by atoms with van der Waals surface area (Å²) in [6.45, 7) is -1.63. The fraction of sp³-hybridized carbons (Fsp3) is 0.385. The standard InChI is InChI=1S/C13H17N3O4/c17-7-13(8-18,9-19)15-12(20)5-10-6-16-4-2-1-3-11(16)14-10/h1-4,6,17-19H,5,7-9H2,(H,15,20). The minimum Gasteiger partial charge on any atom is -0.394 e. The Hall–Kier alpha value is -1.96. The van der Waals surface area contributed by atoms with Crippen molar-refractivity contribution in [3.05, 3.63) is 36.3 Å². The van der Waals surface area contributed by atoms with Crippen molar-refractivity contribution in [1.82, 2.24) is 14.7 Å². The molecule has 0 aliphatic carbocycles. The normalized spacial score (nSPS) is 11.8. The van der Waals surface area contributed by atoms with E-state index >= 15 is 0 Å². The molecule has 7 nitrogen and oxygen atoms in total. The number of carbonyl (C=O) groups is 1. The van der Waals surface area contributed by atoms with Crippen molar-refractivity contribution in [3.8, 4) is 0 Å². The van der Waals surface area contributed by atoms with Gasteiger partial charge in [0.2, 0.25) is 5.91 Å². The second-order valence-electron chi connectivity index (χ2n) is 4.68. The minimum atomic E-state index is -1.41. The zero-order chi connectivity index (χ0) is 14.6. The Morgan fingerprint density at radius 2 is 1.95 bits per heavy atom. The second-order valence-corrected chi connectivity index (χ2v) is 4.68. The van der Waals surface area contributed by atoms with Crippen molar-refractivity contribution in [2.24, 2.45) is 0 Å². The first-order valence-electron chi connectivity index (χ1n) is 6.19. The molecule has 0 bridgehead atoms. The number of nitrogens with one attached hydrogen (secondary N) is 1. The number of carbonyl (C=O) groups excluding carboxylic acids is 1. The summed E-state index contributed by atoms with van der Waals surface area (Å²) >= 11 is 0. The smallest absolute Gasteiger partial charge is 0.226 e. The second kappa shape index (κ2) is 6.00. The molecule has 2 heterocycles. The molecule has 0 radical (unpaired) electrons. The molecule has 0 saturated heterocycles. The van der Waals surface area contributed by atoms with Crippen LogP contribution < -0.4 is 5.32 Å². The van der Waals surface area contributed by atoms with Gasteiger partial charge in [-0.15, -0.1) is 0 Å². The maximum atomic E-state index is 11.9. The number of hydrogen-bond donors (Lipinski definition) is 4. The van der Waals surface area contributed by atoms with Gasteiger partial charge in [-0.05, 0) is 12.1 Å². The van der Waals surface area contributed by atoms with Crippen LogP contribution >= 0.6 is 0 Å². The monoisotopic (exact) mass is 279 g/mol. The number of aliphatic hydroxyl groups excluding tert-OH is 3. The Bertz CT molecular complexity index is 551. The van der Waals surface area contributed by atoms with Crippen molar-refractivity contribution in [2.75, 3.05) is 19.8 Å². The molecule has 0 aromatic carbocycles. The first-order chi connectivity index (χ1) is 9.62. The van der Waals surface area contributed by atoms with Gasteiger partial charge in [0.25, 0.3) is 0 Å². The van der Waals surface area contributed by atoms with Gasteiger partial charge in [-0.2, -0.15) is 0 Å². The minimum absolute atomic E-state index is 0.00340. The lowest BCUT2D eigenvalue weighted by Gasteiger charge is -2.28. The molecule has 0 aliphatic rings. The summed E-state index contributed by atoms with van der Waals surface area (Å²) in [5.74, 6) is -0.425. The highest BCUT2D eigenvalue weighted by Gasteiger charge is 2.30. The predicted octanol–water partition coefficient (Wildman–Crippen LogP) is -1.29. The molecule has 108 valence electrons. The van der Waals surface area contributed by atoms with Crippen LogP contribution in [0.4, 0.5) is 0 Å². The average molecular weight is 279 g/mol. The van der Waals surface area contributed by atoms with E-state index in [4.69, 9.17) is 15.3 Å². The first kappa shape index (κ1) is 14.4. The van der Waals surface area contributed by atoms with E-state index in [-0.39, 0.29) is 6.42 Å². The summed E-state index contributed by atoms with van der Waals surface area (Å²) in [6, 6.07) is 5.52. The summed E-state index contributed by atoms with van der Waals surface area (Å²) in [5, 5.41) is 29.9. The van der Waals surface area contributed by atoms with Gasteiger partial charge >= 0.3 is 0 Å². The third-order valence-corrected chi connectivity index (χ3v) is 3.07.